The summed E-state index contributed by atoms with van der Waals surface area (Å²) in [6, 6.07) is 6.80. The summed E-state index contributed by atoms with van der Waals surface area (Å²) in [6.45, 7) is 5.81. The van der Waals surface area contributed by atoms with Crippen molar-refractivity contribution >= 4 is 44.5 Å². The van der Waals surface area contributed by atoms with Crippen LogP contribution in [0.3, 0.4) is 0 Å². The van der Waals surface area contributed by atoms with Crippen LogP contribution in [0.1, 0.15) is 59.3 Å². The molecule has 5 atom stereocenters. The molecule has 3 fully saturated rings. The number of sulfonamides is 1. The maximum absolute atomic E-state index is 14.1. The molecule has 0 radical (unpaired) electrons. The second kappa shape index (κ2) is 13.2. The predicted octanol–water partition coefficient (Wildman–Crippen LogP) is 1.55. The van der Waals surface area contributed by atoms with Gasteiger partial charge in [-0.2, -0.15) is 0 Å². The lowest BCUT2D eigenvalue weighted by atomic mass is 10.1. The number of carbonyl (C=O) groups is 4. The van der Waals surface area contributed by atoms with E-state index in [1.54, 1.807) is 6.20 Å². The number of aromatic nitrogens is 1. The molecule has 5 N–H and O–H groups in total. The van der Waals surface area contributed by atoms with Gasteiger partial charge in [0.25, 0.3) is 5.91 Å². The first-order chi connectivity index (χ1) is 23.2. The van der Waals surface area contributed by atoms with Gasteiger partial charge in [0.15, 0.2) is 0 Å². The number of rotatable bonds is 5. The van der Waals surface area contributed by atoms with Crippen molar-refractivity contribution in [2.75, 3.05) is 19.6 Å². The molecular formula is C34H45N7O7S. The van der Waals surface area contributed by atoms with E-state index in [2.05, 4.69) is 20.3 Å². The molecule has 1 aromatic heterocycles. The number of ether oxygens (including phenoxy) is 1. The minimum absolute atomic E-state index is 0.00228. The molecule has 4 aliphatic rings. The Balaban J connectivity index is 1.30. The van der Waals surface area contributed by atoms with Crippen LogP contribution in [-0.4, -0.2) is 101 Å². The van der Waals surface area contributed by atoms with Crippen LogP contribution in [0, 0.1) is 5.92 Å². The van der Waals surface area contributed by atoms with Crippen molar-refractivity contribution in [2.45, 2.75) is 93.8 Å². The third-order valence-electron chi connectivity index (χ3n) is 9.40. The van der Waals surface area contributed by atoms with Gasteiger partial charge in [-0.1, -0.05) is 30.4 Å². The van der Waals surface area contributed by atoms with Crippen molar-refractivity contribution in [1.82, 2.24) is 30.1 Å². The lowest BCUT2D eigenvalue weighted by molar-refractivity contribution is -0.140. The van der Waals surface area contributed by atoms with E-state index in [0.717, 1.165) is 10.8 Å². The molecule has 264 valence electrons. The number of carbonyl (C=O) groups excluding carboxylic acids is 4. The van der Waals surface area contributed by atoms with Crippen LogP contribution in [-0.2, 0) is 24.4 Å². The smallest absolute Gasteiger partial charge is 0.317 e. The van der Waals surface area contributed by atoms with Gasteiger partial charge in [0.05, 0.1) is 11.8 Å². The molecule has 0 unspecified atom stereocenters. The minimum Gasteiger partial charge on any atom is -0.472 e. The van der Waals surface area contributed by atoms with Crippen molar-refractivity contribution in [3.05, 3.63) is 48.7 Å². The van der Waals surface area contributed by atoms with Gasteiger partial charge >= 0.3 is 6.03 Å². The number of hydrogen-bond acceptors (Lipinski definition) is 9. The topological polar surface area (TPSA) is 193 Å². The molecule has 14 nitrogen and oxygen atoms in total. The monoisotopic (exact) mass is 695 g/mol. The first-order valence-electron chi connectivity index (χ1n) is 16.9. The number of allylic oxidation sites excluding steroid dienone is 1. The highest BCUT2D eigenvalue weighted by Gasteiger charge is 2.62. The Labute approximate surface area is 286 Å². The summed E-state index contributed by atoms with van der Waals surface area (Å²) in [5.74, 6) is -2.08. The molecule has 49 heavy (non-hydrogen) atoms. The normalized spacial score (nSPS) is 28.7. The van der Waals surface area contributed by atoms with Crippen molar-refractivity contribution in [2.24, 2.45) is 11.7 Å². The number of pyridine rings is 1. The fraction of sp³-hybridized carbons (Fsp3) is 0.559. The van der Waals surface area contributed by atoms with Crippen LogP contribution < -0.4 is 25.8 Å². The van der Waals surface area contributed by atoms with E-state index in [1.165, 1.54) is 9.80 Å². The van der Waals surface area contributed by atoms with Crippen LogP contribution in [0.15, 0.2) is 48.7 Å². The Morgan fingerprint density at radius 2 is 1.88 bits per heavy atom. The van der Waals surface area contributed by atoms with Crippen molar-refractivity contribution in [1.29, 1.82) is 0 Å². The highest BCUT2D eigenvalue weighted by atomic mass is 32.2. The highest BCUT2D eigenvalue weighted by Crippen LogP contribution is 2.46. The van der Waals surface area contributed by atoms with Crippen LogP contribution in [0.2, 0.25) is 0 Å². The number of hydrogen-bond donors (Lipinski definition) is 4. The van der Waals surface area contributed by atoms with Crippen LogP contribution >= 0.6 is 0 Å². The summed E-state index contributed by atoms with van der Waals surface area (Å²) in [5.41, 5.74) is 4.47. The molecule has 2 saturated carbocycles. The van der Waals surface area contributed by atoms with E-state index in [1.807, 2.05) is 63.3 Å². The summed E-state index contributed by atoms with van der Waals surface area (Å²) >= 11 is 0. The van der Waals surface area contributed by atoms with Gasteiger partial charge in [-0.05, 0) is 70.4 Å². The third kappa shape index (κ3) is 7.67. The first kappa shape index (κ1) is 34.6. The number of nitrogens with zero attached hydrogens (tertiary/aromatic N) is 3. The van der Waals surface area contributed by atoms with Gasteiger partial charge in [-0.25, -0.2) is 18.2 Å². The molecule has 1 saturated heterocycles. The second-order valence-corrected chi connectivity index (χ2v) is 16.5. The maximum atomic E-state index is 14.1. The lowest BCUT2D eigenvalue weighted by Gasteiger charge is -2.32. The Kier molecular flexibility index (Phi) is 9.35. The quantitative estimate of drug-likeness (QED) is 0.336. The number of benzene rings is 1. The van der Waals surface area contributed by atoms with Crippen molar-refractivity contribution < 1.29 is 32.3 Å². The number of nitrogens with two attached hydrogens (primary N) is 1. The van der Waals surface area contributed by atoms with Gasteiger partial charge in [-0.15, -0.1) is 0 Å². The molecule has 2 aliphatic heterocycles. The van der Waals surface area contributed by atoms with E-state index < -0.39 is 68.2 Å². The first-order valence-corrected chi connectivity index (χ1v) is 18.4. The molecule has 15 heteroatoms. The fourth-order valence-electron chi connectivity index (χ4n) is 6.55. The molecule has 2 aromatic rings. The Morgan fingerprint density at radius 1 is 1.12 bits per heavy atom. The van der Waals surface area contributed by atoms with Gasteiger partial charge in [0.2, 0.25) is 27.7 Å². The molecule has 2 aliphatic carbocycles. The summed E-state index contributed by atoms with van der Waals surface area (Å²) in [7, 11) is -3.88. The van der Waals surface area contributed by atoms with Crippen LogP contribution in [0.25, 0.3) is 10.8 Å². The highest BCUT2D eigenvalue weighted by molar-refractivity contribution is 7.91. The lowest BCUT2D eigenvalue weighted by Crippen LogP contribution is -2.59. The zero-order valence-electron chi connectivity index (χ0n) is 28.1. The predicted molar refractivity (Wildman–Crippen MR) is 182 cm³/mol. The van der Waals surface area contributed by atoms with E-state index in [0.29, 0.717) is 38.1 Å². The summed E-state index contributed by atoms with van der Waals surface area (Å²) in [5, 5.41) is 6.83. The third-order valence-corrected chi connectivity index (χ3v) is 11.2. The average Bonchev–Trinajstić information content (AvgIpc) is 3.96. The van der Waals surface area contributed by atoms with Crippen LogP contribution in [0.5, 0.6) is 5.88 Å². The Bertz CT molecular complexity index is 1770. The molecule has 5 amide bonds. The van der Waals surface area contributed by atoms with E-state index in [9.17, 15) is 27.6 Å². The maximum Gasteiger partial charge on any atom is 0.317 e. The molecule has 0 bridgehead atoms. The molecule has 3 heterocycles. The van der Waals surface area contributed by atoms with Crippen LogP contribution in [0.4, 0.5) is 4.79 Å². The molecule has 1 aromatic carbocycles. The van der Waals surface area contributed by atoms with Gasteiger partial charge in [0, 0.05) is 42.6 Å². The molecule has 6 rings (SSSR count). The standard InChI is InChI=1S/C34H45N7O7S/c1-33(2,3)38-32(45)40-16-8-4-5-10-22-18-34(22,31(44)39-49(46,47)24-12-13-24)37-28(42)27-17-23(19-41(27)30(43)26(35)20-40)48-29-25-11-7-6-9-21(25)14-15-36-29/h5-7,9-11,14-15,22-24,26-27H,4,8,12-13,16-20,35H2,1-3H3,(H,37,42)(H,38,45)(H,39,44)/b10-5-/t22-,23-,26+,27+,34-/m1/s1. The Hall–Kier alpha value is -4.24. The van der Waals surface area contributed by atoms with E-state index >= 15 is 0 Å². The van der Waals surface area contributed by atoms with E-state index in [-0.39, 0.29) is 32.0 Å². The molecular weight excluding hydrogens is 650 g/mol. The zero-order chi connectivity index (χ0) is 35.1. The SMILES string of the molecule is CC(C)(C)NC(=O)N1CCC/C=C\[C@@H]2C[C@@]2(C(=O)NS(=O)(=O)C2CC2)NC(=O)[C@@H]2C[C@@H](Oc3nccc4ccccc34)CN2C(=O)[C@@H](N)C1. The van der Waals surface area contributed by atoms with Gasteiger partial charge < -0.3 is 30.9 Å². The molecule has 0 spiro atoms. The number of fused-ring (bicyclic) bond motifs is 3. The number of nitrogens with one attached hydrogen (secondary N) is 3. The van der Waals surface area contributed by atoms with Crippen molar-refractivity contribution in [3.63, 3.8) is 0 Å². The summed E-state index contributed by atoms with van der Waals surface area (Å²) in [6.07, 6.45) is 6.95. The van der Waals surface area contributed by atoms with Gasteiger partial charge in [0.1, 0.15) is 23.7 Å². The Morgan fingerprint density at radius 3 is 2.61 bits per heavy atom. The largest absolute Gasteiger partial charge is 0.472 e. The summed E-state index contributed by atoms with van der Waals surface area (Å²) < 4.78 is 34.0. The summed E-state index contributed by atoms with van der Waals surface area (Å²) in [4.78, 5) is 62.3. The second-order valence-electron chi connectivity index (χ2n) is 14.6. The zero-order valence-corrected chi connectivity index (χ0v) is 28.9. The fourth-order valence-corrected chi connectivity index (χ4v) is 7.91. The average molecular weight is 696 g/mol. The number of amides is 5. The van der Waals surface area contributed by atoms with Gasteiger partial charge in [-0.3, -0.25) is 19.1 Å². The van der Waals surface area contributed by atoms with E-state index in [4.69, 9.17) is 10.5 Å². The minimum atomic E-state index is -3.88. The number of urea groups is 1. The van der Waals surface area contributed by atoms with Crippen molar-refractivity contribution in [3.8, 4) is 5.88 Å².